The average Bonchev–Trinajstić information content (AvgIpc) is 3.06. The number of fused-ring (bicyclic) bond motifs is 1. The lowest BCUT2D eigenvalue weighted by molar-refractivity contribution is -0.112. The van der Waals surface area contributed by atoms with E-state index in [1.807, 2.05) is 48.9 Å². The fourth-order valence-electron chi connectivity index (χ4n) is 3.17. The van der Waals surface area contributed by atoms with Gasteiger partial charge in [-0.05, 0) is 24.6 Å². The summed E-state index contributed by atoms with van der Waals surface area (Å²) in [6, 6.07) is 9.62. The summed E-state index contributed by atoms with van der Waals surface area (Å²) >= 11 is 0. The minimum atomic E-state index is -0.0510. The Morgan fingerprint density at radius 1 is 1.12 bits per heavy atom. The van der Waals surface area contributed by atoms with Gasteiger partial charge >= 0.3 is 0 Å². The lowest BCUT2D eigenvalue weighted by atomic mass is 10.00. The van der Waals surface area contributed by atoms with Crippen molar-refractivity contribution in [2.45, 2.75) is 6.92 Å². The van der Waals surface area contributed by atoms with Crippen molar-refractivity contribution in [2.24, 2.45) is 7.05 Å². The van der Waals surface area contributed by atoms with Gasteiger partial charge in [0.05, 0.1) is 16.8 Å². The molecule has 1 aromatic carbocycles. The second-order valence-electron chi connectivity index (χ2n) is 6.31. The Bertz CT molecular complexity index is 874. The molecule has 24 heavy (non-hydrogen) atoms. The van der Waals surface area contributed by atoms with Gasteiger partial charge in [0.15, 0.2) is 0 Å². The van der Waals surface area contributed by atoms with Crippen LogP contribution in [0.2, 0.25) is 0 Å². The van der Waals surface area contributed by atoms with Crippen LogP contribution in [0.4, 0.5) is 5.69 Å². The highest BCUT2D eigenvalue weighted by Crippen LogP contribution is 2.39. The quantitative estimate of drug-likeness (QED) is 0.798. The summed E-state index contributed by atoms with van der Waals surface area (Å²) in [5.74, 6) is -0.0692. The lowest BCUT2D eigenvalue weighted by Gasteiger charge is -2.09. The van der Waals surface area contributed by atoms with E-state index >= 15 is 0 Å². The molecule has 0 spiro atoms. The second kappa shape index (κ2) is 5.67. The first-order chi connectivity index (χ1) is 11.3. The van der Waals surface area contributed by atoms with Crippen LogP contribution < -0.4 is 4.90 Å². The number of likely N-dealkylation sites (N-methyl/N-ethyl adjacent to an activating group) is 1. The van der Waals surface area contributed by atoms with Crippen LogP contribution >= 0.6 is 0 Å². The second-order valence-corrected chi connectivity index (χ2v) is 6.31. The number of nitrogens with zero attached hydrogens (tertiary/aromatic N) is 3. The fourth-order valence-corrected chi connectivity index (χ4v) is 3.17. The van der Waals surface area contributed by atoms with Crippen LogP contribution in [0.1, 0.15) is 28.5 Å². The molecule has 0 atom stereocenters. The van der Waals surface area contributed by atoms with E-state index in [1.165, 1.54) is 0 Å². The first-order valence-corrected chi connectivity index (χ1v) is 7.79. The van der Waals surface area contributed by atoms with Crippen molar-refractivity contribution in [3.8, 4) is 0 Å². The number of para-hydroxylation sites is 1. The van der Waals surface area contributed by atoms with E-state index < -0.39 is 0 Å². The van der Waals surface area contributed by atoms with E-state index in [4.69, 9.17) is 0 Å². The van der Waals surface area contributed by atoms with Crippen LogP contribution in [0, 0.1) is 0 Å². The van der Waals surface area contributed by atoms with E-state index in [-0.39, 0.29) is 11.8 Å². The highest BCUT2D eigenvalue weighted by molar-refractivity contribution is 6.37. The van der Waals surface area contributed by atoms with E-state index in [9.17, 15) is 9.59 Å². The van der Waals surface area contributed by atoms with Gasteiger partial charge in [-0.25, -0.2) is 0 Å². The first-order valence-electron chi connectivity index (χ1n) is 7.79. The molecule has 0 N–H and O–H groups in total. The molecule has 124 valence electrons. The molecular formula is C19H21N3O2. The Balaban J connectivity index is 2.15. The molecule has 0 saturated heterocycles. The average molecular weight is 323 g/mol. The van der Waals surface area contributed by atoms with Crippen molar-refractivity contribution in [3.05, 3.63) is 53.3 Å². The predicted octanol–water partition coefficient (Wildman–Crippen LogP) is 2.63. The van der Waals surface area contributed by atoms with E-state index in [0.29, 0.717) is 11.1 Å². The van der Waals surface area contributed by atoms with Gasteiger partial charge in [0.2, 0.25) is 0 Å². The highest BCUT2D eigenvalue weighted by Gasteiger charge is 2.31. The zero-order valence-electron chi connectivity index (χ0n) is 14.6. The fraction of sp³-hybridized carbons (Fsp3) is 0.263. The SMILES string of the molecule is C/C(=C1/C(=O)N(C)c2ccccc21)c1cc(C(=O)N(C)C)cn1C. The number of hydrogen-bond acceptors (Lipinski definition) is 2. The Kier molecular flexibility index (Phi) is 3.79. The van der Waals surface area contributed by atoms with Crippen LogP contribution in [0.25, 0.3) is 11.1 Å². The van der Waals surface area contributed by atoms with Gasteiger partial charge in [-0.1, -0.05) is 18.2 Å². The molecule has 3 rings (SSSR count). The Morgan fingerprint density at radius 2 is 1.79 bits per heavy atom. The monoisotopic (exact) mass is 323 g/mol. The van der Waals surface area contributed by atoms with Crippen molar-refractivity contribution in [2.75, 3.05) is 26.0 Å². The molecule has 2 aromatic rings. The topological polar surface area (TPSA) is 45.6 Å². The summed E-state index contributed by atoms with van der Waals surface area (Å²) in [4.78, 5) is 28.1. The van der Waals surface area contributed by atoms with Crippen LogP contribution in [0.15, 0.2) is 36.5 Å². The van der Waals surface area contributed by atoms with Gasteiger partial charge in [-0.3, -0.25) is 9.59 Å². The number of aryl methyl sites for hydroxylation is 1. The minimum Gasteiger partial charge on any atom is -0.350 e. The van der Waals surface area contributed by atoms with Gasteiger partial charge in [0.1, 0.15) is 0 Å². The summed E-state index contributed by atoms with van der Waals surface area (Å²) in [6.07, 6.45) is 1.80. The molecule has 0 radical (unpaired) electrons. The summed E-state index contributed by atoms with van der Waals surface area (Å²) in [5.41, 5.74) is 4.90. The molecule has 2 amide bonds. The van der Waals surface area contributed by atoms with E-state index in [1.54, 1.807) is 37.1 Å². The number of anilines is 1. The zero-order valence-corrected chi connectivity index (χ0v) is 14.6. The van der Waals surface area contributed by atoms with Crippen LogP contribution in [0.5, 0.6) is 0 Å². The number of carbonyl (C=O) groups is 2. The van der Waals surface area contributed by atoms with Crippen LogP contribution in [-0.2, 0) is 11.8 Å². The highest BCUT2D eigenvalue weighted by atomic mass is 16.2. The Hall–Kier alpha value is -2.82. The molecule has 0 unspecified atom stereocenters. The summed E-state index contributed by atoms with van der Waals surface area (Å²) < 4.78 is 1.90. The van der Waals surface area contributed by atoms with Crippen molar-refractivity contribution < 1.29 is 9.59 Å². The molecule has 0 fully saturated rings. The number of rotatable bonds is 2. The van der Waals surface area contributed by atoms with Gasteiger partial charge in [0, 0.05) is 45.6 Å². The maximum atomic E-state index is 12.7. The molecule has 5 nitrogen and oxygen atoms in total. The molecule has 0 saturated carbocycles. The largest absolute Gasteiger partial charge is 0.350 e. The molecule has 5 heteroatoms. The number of aromatic nitrogens is 1. The maximum Gasteiger partial charge on any atom is 0.259 e. The summed E-state index contributed by atoms with van der Waals surface area (Å²) in [6.45, 7) is 1.93. The van der Waals surface area contributed by atoms with Gasteiger partial charge in [0.25, 0.3) is 11.8 Å². The summed E-state index contributed by atoms with van der Waals surface area (Å²) in [5, 5.41) is 0. The van der Waals surface area contributed by atoms with E-state index in [2.05, 4.69) is 0 Å². The first kappa shape index (κ1) is 16.1. The van der Waals surface area contributed by atoms with Gasteiger partial charge in [-0.2, -0.15) is 0 Å². The third-order valence-electron chi connectivity index (χ3n) is 4.47. The van der Waals surface area contributed by atoms with Gasteiger partial charge in [-0.15, -0.1) is 0 Å². The third-order valence-corrected chi connectivity index (χ3v) is 4.47. The lowest BCUT2D eigenvalue weighted by Crippen LogP contribution is -2.21. The van der Waals surface area contributed by atoms with Gasteiger partial charge < -0.3 is 14.4 Å². The summed E-state index contributed by atoms with van der Waals surface area (Å²) in [7, 11) is 7.13. The number of allylic oxidation sites excluding steroid dienone is 1. The predicted molar refractivity (Wildman–Crippen MR) is 95.8 cm³/mol. The minimum absolute atomic E-state index is 0.0182. The number of hydrogen-bond donors (Lipinski definition) is 0. The Labute approximate surface area is 141 Å². The molecule has 0 bridgehead atoms. The smallest absolute Gasteiger partial charge is 0.259 e. The molecule has 1 aliphatic heterocycles. The van der Waals surface area contributed by atoms with Crippen molar-refractivity contribution in [3.63, 3.8) is 0 Å². The third kappa shape index (κ3) is 2.33. The van der Waals surface area contributed by atoms with Crippen molar-refractivity contribution in [1.29, 1.82) is 0 Å². The number of benzene rings is 1. The van der Waals surface area contributed by atoms with E-state index in [0.717, 1.165) is 22.5 Å². The van der Waals surface area contributed by atoms with Crippen LogP contribution in [-0.4, -0.2) is 42.4 Å². The normalized spacial score (nSPS) is 15.5. The Morgan fingerprint density at radius 3 is 2.46 bits per heavy atom. The molecule has 2 heterocycles. The van der Waals surface area contributed by atoms with Crippen molar-refractivity contribution in [1.82, 2.24) is 9.47 Å². The molecule has 1 aliphatic rings. The number of amides is 2. The standard InChI is InChI=1S/C19H21N3O2/c1-12(16-10-13(11-21(16)4)18(23)20(2)3)17-14-8-6-7-9-15(14)22(5)19(17)24/h6-11H,1-5H3/b17-12-. The molecular weight excluding hydrogens is 302 g/mol. The number of carbonyl (C=O) groups excluding carboxylic acids is 2. The maximum absolute atomic E-state index is 12.7. The van der Waals surface area contributed by atoms with Crippen molar-refractivity contribution >= 4 is 28.6 Å². The molecule has 1 aromatic heterocycles. The zero-order chi connectivity index (χ0) is 17.6. The van der Waals surface area contributed by atoms with Crippen LogP contribution in [0.3, 0.4) is 0 Å². The molecule has 0 aliphatic carbocycles.